The van der Waals surface area contributed by atoms with E-state index in [1.807, 2.05) is 25.1 Å². The van der Waals surface area contributed by atoms with E-state index < -0.39 is 0 Å². The molecule has 1 aromatic carbocycles. The van der Waals surface area contributed by atoms with Crippen molar-refractivity contribution in [2.45, 2.75) is 39.5 Å². The van der Waals surface area contributed by atoms with Crippen molar-refractivity contribution in [3.05, 3.63) is 29.3 Å². The topological polar surface area (TPSA) is 49.4 Å². The molecule has 0 saturated carbocycles. The van der Waals surface area contributed by atoms with E-state index in [0.29, 0.717) is 25.1 Å². The Labute approximate surface area is 120 Å². The van der Waals surface area contributed by atoms with Crippen molar-refractivity contribution in [3.8, 4) is 0 Å². The van der Waals surface area contributed by atoms with Gasteiger partial charge < -0.3 is 10.2 Å². The van der Waals surface area contributed by atoms with Crippen molar-refractivity contribution in [2.24, 2.45) is 0 Å². The SMILES string of the molecule is CCCCNC(=O)c1cccc2c1CCN2C(=O)CC. The molecule has 0 unspecified atom stereocenters. The Bertz CT molecular complexity index is 511. The highest BCUT2D eigenvalue weighted by atomic mass is 16.2. The third-order valence-electron chi connectivity index (χ3n) is 3.69. The average Bonchev–Trinajstić information content (AvgIpc) is 2.90. The van der Waals surface area contributed by atoms with E-state index in [1.54, 1.807) is 4.90 Å². The summed E-state index contributed by atoms with van der Waals surface area (Å²) >= 11 is 0. The van der Waals surface area contributed by atoms with Crippen LogP contribution >= 0.6 is 0 Å². The van der Waals surface area contributed by atoms with Crippen molar-refractivity contribution >= 4 is 17.5 Å². The molecule has 1 aliphatic rings. The minimum atomic E-state index is -0.0268. The van der Waals surface area contributed by atoms with E-state index in [0.717, 1.165) is 30.5 Å². The maximum Gasteiger partial charge on any atom is 0.251 e. The molecule has 0 atom stereocenters. The lowest BCUT2D eigenvalue weighted by Crippen LogP contribution is -2.28. The molecule has 0 fully saturated rings. The molecule has 108 valence electrons. The minimum Gasteiger partial charge on any atom is -0.352 e. The summed E-state index contributed by atoms with van der Waals surface area (Å²) in [4.78, 5) is 25.9. The standard InChI is InChI=1S/C16H22N2O2/c1-3-5-10-17-16(20)13-7-6-8-14-12(13)9-11-18(14)15(19)4-2/h6-8H,3-5,9-11H2,1-2H3,(H,17,20). The number of unbranched alkanes of at least 4 members (excludes halogenated alkanes) is 1. The summed E-state index contributed by atoms with van der Waals surface area (Å²) in [5.74, 6) is 0.0911. The van der Waals surface area contributed by atoms with Gasteiger partial charge in [-0.25, -0.2) is 0 Å². The first kappa shape index (κ1) is 14.6. The van der Waals surface area contributed by atoms with E-state index in [4.69, 9.17) is 0 Å². The molecule has 2 amide bonds. The highest BCUT2D eigenvalue weighted by Gasteiger charge is 2.27. The van der Waals surface area contributed by atoms with Crippen LogP contribution in [-0.4, -0.2) is 24.9 Å². The normalized spacial score (nSPS) is 13.2. The van der Waals surface area contributed by atoms with E-state index in [-0.39, 0.29) is 11.8 Å². The second kappa shape index (κ2) is 6.55. The highest BCUT2D eigenvalue weighted by molar-refractivity contribution is 6.01. The molecule has 1 N–H and O–H groups in total. The van der Waals surface area contributed by atoms with Crippen LogP contribution in [0.4, 0.5) is 5.69 Å². The number of rotatable bonds is 5. The molecule has 2 rings (SSSR count). The Hall–Kier alpha value is -1.84. The number of amides is 2. The third-order valence-corrected chi connectivity index (χ3v) is 3.69. The molecular formula is C16H22N2O2. The van der Waals surface area contributed by atoms with Gasteiger partial charge in [0.2, 0.25) is 5.91 Å². The van der Waals surface area contributed by atoms with Gasteiger partial charge in [-0.1, -0.05) is 26.3 Å². The zero-order chi connectivity index (χ0) is 14.5. The zero-order valence-electron chi connectivity index (χ0n) is 12.2. The summed E-state index contributed by atoms with van der Waals surface area (Å²) < 4.78 is 0. The molecule has 0 aromatic heterocycles. The Morgan fingerprint density at radius 2 is 2.10 bits per heavy atom. The maximum atomic E-state index is 12.2. The fourth-order valence-electron chi connectivity index (χ4n) is 2.57. The van der Waals surface area contributed by atoms with E-state index in [1.165, 1.54) is 0 Å². The largest absolute Gasteiger partial charge is 0.352 e. The third kappa shape index (κ3) is 2.84. The smallest absolute Gasteiger partial charge is 0.251 e. The summed E-state index contributed by atoms with van der Waals surface area (Å²) in [6.07, 6.45) is 3.30. The Balaban J connectivity index is 2.19. The van der Waals surface area contributed by atoms with Gasteiger partial charge in [-0.15, -0.1) is 0 Å². The van der Waals surface area contributed by atoms with Gasteiger partial charge in [-0.05, 0) is 30.5 Å². The molecule has 1 heterocycles. The summed E-state index contributed by atoms with van der Waals surface area (Å²) in [5, 5.41) is 2.95. The lowest BCUT2D eigenvalue weighted by molar-refractivity contribution is -0.118. The number of anilines is 1. The molecule has 0 bridgehead atoms. The molecule has 4 heteroatoms. The monoisotopic (exact) mass is 274 g/mol. The van der Waals surface area contributed by atoms with Crippen LogP contribution in [0, 0.1) is 0 Å². The zero-order valence-corrected chi connectivity index (χ0v) is 12.2. The van der Waals surface area contributed by atoms with Crippen molar-refractivity contribution < 1.29 is 9.59 Å². The van der Waals surface area contributed by atoms with Crippen LogP contribution in [0.2, 0.25) is 0 Å². The van der Waals surface area contributed by atoms with Crippen molar-refractivity contribution in [3.63, 3.8) is 0 Å². The Kier molecular flexibility index (Phi) is 4.77. The fraction of sp³-hybridized carbons (Fsp3) is 0.500. The minimum absolute atomic E-state index is 0.0268. The second-order valence-electron chi connectivity index (χ2n) is 5.06. The number of hydrogen-bond acceptors (Lipinski definition) is 2. The van der Waals surface area contributed by atoms with Crippen LogP contribution in [-0.2, 0) is 11.2 Å². The predicted molar refractivity (Wildman–Crippen MR) is 80.0 cm³/mol. The van der Waals surface area contributed by atoms with E-state index in [2.05, 4.69) is 12.2 Å². The molecule has 0 saturated heterocycles. The van der Waals surface area contributed by atoms with Gasteiger partial charge in [0.15, 0.2) is 0 Å². The van der Waals surface area contributed by atoms with Gasteiger partial charge in [0, 0.05) is 30.8 Å². The van der Waals surface area contributed by atoms with Gasteiger partial charge in [0.1, 0.15) is 0 Å². The summed E-state index contributed by atoms with van der Waals surface area (Å²) in [5.41, 5.74) is 2.62. The number of fused-ring (bicyclic) bond motifs is 1. The molecular weight excluding hydrogens is 252 g/mol. The summed E-state index contributed by atoms with van der Waals surface area (Å²) in [6.45, 7) is 5.35. The second-order valence-corrected chi connectivity index (χ2v) is 5.06. The number of carbonyl (C=O) groups is 2. The van der Waals surface area contributed by atoms with Gasteiger partial charge in [-0.2, -0.15) is 0 Å². The van der Waals surface area contributed by atoms with Gasteiger partial charge >= 0.3 is 0 Å². The first-order valence-electron chi connectivity index (χ1n) is 7.39. The molecule has 4 nitrogen and oxygen atoms in total. The van der Waals surface area contributed by atoms with E-state index in [9.17, 15) is 9.59 Å². The fourth-order valence-corrected chi connectivity index (χ4v) is 2.57. The number of nitrogens with zero attached hydrogens (tertiary/aromatic N) is 1. The van der Waals surface area contributed by atoms with Crippen LogP contribution in [0.3, 0.4) is 0 Å². The summed E-state index contributed by atoms with van der Waals surface area (Å²) in [6, 6.07) is 5.63. The van der Waals surface area contributed by atoms with Crippen LogP contribution in [0.1, 0.15) is 49.0 Å². The van der Waals surface area contributed by atoms with Crippen molar-refractivity contribution in [2.75, 3.05) is 18.0 Å². The predicted octanol–water partition coefficient (Wildman–Crippen LogP) is 2.52. The molecule has 1 aliphatic heterocycles. The van der Waals surface area contributed by atoms with Crippen LogP contribution in [0.5, 0.6) is 0 Å². The first-order valence-corrected chi connectivity index (χ1v) is 7.39. The van der Waals surface area contributed by atoms with Crippen molar-refractivity contribution in [1.29, 1.82) is 0 Å². The van der Waals surface area contributed by atoms with Gasteiger partial charge in [-0.3, -0.25) is 9.59 Å². The van der Waals surface area contributed by atoms with E-state index >= 15 is 0 Å². The molecule has 0 spiro atoms. The number of benzene rings is 1. The van der Waals surface area contributed by atoms with Crippen LogP contribution in [0.15, 0.2) is 18.2 Å². The first-order chi connectivity index (χ1) is 9.69. The molecule has 0 radical (unpaired) electrons. The summed E-state index contributed by atoms with van der Waals surface area (Å²) in [7, 11) is 0. The Morgan fingerprint density at radius 1 is 1.30 bits per heavy atom. The lowest BCUT2D eigenvalue weighted by Gasteiger charge is -2.16. The maximum absolute atomic E-state index is 12.2. The average molecular weight is 274 g/mol. The lowest BCUT2D eigenvalue weighted by atomic mass is 10.0. The van der Waals surface area contributed by atoms with Crippen LogP contribution < -0.4 is 10.2 Å². The number of hydrogen-bond donors (Lipinski definition) is 1. The molecule has 1 aromatic rings. The van der Waals surface area contributed by atoms with Crippen LogP contribution in [0.25, 0.3) is 0 Å². The molecule has 0 aliphatic carbocycles. The quantitative estimate of drug-likeness (QED) is 0.839. The Morgan fingerprint density at radius 3 is 2.80 bits per heavy atom. The van der Waals surface area contributed by atoms with Gasteiger partial charge in [0.25, 0.3) is 5.91 Å². The molecule has 20 heavy (non-hydrogen) atoms. The van der Waals surface area contributed by atoms with Gasteiger partial charge in [0.05, 0.1) is 0 Å². The highest BCUT2D eigenvalue weighted by Crippen LogP contribution is 2.31. The number of carbonyl (C=O) groups excluding carboxylic acids is 2. The van der Waals surface area contributed by atoms with Crippen molar-refractivity contribution in [1.82, 2.24) is 5.32 Å². The number of nitrogens with one attached hydrogen (secondary N) is 1.